The maximum Gasteiger partial charge on any atom is 0.471 e. The first-order valence-corrected chi connectivity index (χ1v) is 4.23. The number of hydrogen-bond donors (Lipinski definition) is 1. The summed E-state index contributed by atoms with van der Waals surface area (Å²) in [7, 11) is 1.70. The summed E-state index contributed by atoms with van der Waals surface area (Å²) in [5.41, 5.74) is 2.82. The van der Waals surface area contributed by atoms with Gasteiger partial charge in [-0.3, -0.25) is 10.2 Å². The minimum Gasteiger partial charge on any atom is -0.332 e. The van der Waals surface area contributed by atoms with Crippen LogP contribution in [0, 0.1) is 0 Å². The molecule has 1 aliphatic heterocycles. The summed E-state index contributed by atoms with van der Waals surface area (Å²) in [5, 5.41) is 1.76. The third-order valence-electron chi connectivity index (χ3n) is 2.13. The Morgan fingerprint density at radius 2 is 1.71 bits per heavy atom. The highest BCUT2D eigenvalue weighted by atomic mass is 19.4. The van der Waals surface area contributed by atoms with Crippen LogP contribution in [0.1, 0.15) is 0 Å². The molecule has 1 heterocycles. The van der Waals surface area contributed by atoms with Crippen molar-refractivity contribution in [2.24, 2.45) is 0 Å². The zero-order valence-electron chi connectivity index (χ0n) is 7.76. The Morgan fingerprint density at radius 3 is 2.07 bits per heavy atom. The van der Waals surface area contributed by atoms with Gasteiger partial charge in [0, 0.05) is 26.2 Å². The van der Waals surface area contributed by atoms with Gasteiger partial charge in [-0.2, -0.15) is 13.2 Å². The minimum atomic E-state index is -4.75. The highest BCUT2D eigenvalue weighted by Gasteiger charge is 2.42. The number of halogens is 3. The van der Waals surface area contributed by atoms with Gasteiger partial charge in [-0.1, -0.05) is 0 Å². The second-order valence-corrected chi connectivity index (χ2v) is 3.00. The van der Waals surface area contributed by atoms with Crippen LogP contribution in [-0.2, 0) is 4.79 Å². The molecule has 7 heteroatoms. The number of carbonyl (C=O) groups is 1. The van der Waals surface area contributed by atoms with Gasteiger partial charge in [0.25, 0.3) is 0 Å². The molecule has 0 saturated carbocycles. The molecule has 1 saturated heterocycles. The fourth-order valence-corrected chi connectivity index (χ4v) is 1.31. The van der Waals surface area contributed by atoms with Crippen molar-refractivity contribution < 1.29 is 18.0 Å². The van der Waals surface area contributed by atoms with Gasteiger partial charge in [0.15, 0.2) is 0 Å². The van der Waals surface area contributed by atoms with Gasteiger partial charge in [0.05, 0.1) is 0 Å². The van der Waals surface area contributed by atoms with Crippen molar-refractivity contribution in [3.05, 3.63) is 0 Å². The standard InChI is InChI=1S/C7H12F3N3O/c1-11-13-4-2-12(3-5-13)6(14)7(8,9)10/h11H,2-5H2,1H3. The maximum atomic E-state index is 12.0. The number of carbonyl (C=O) groups excluding carboxylic acids is 1. The molecule has 0 aromatic heterocycles. The van der Waals surface area contributed by atoms with Crippen LogP contribution in [0.5, 0.6) is 0 Å². The molecule has 4 nitrogen and oxygen atoms in total. The first-order chi connectivity index (χ1) is 6.45. The maximum absolute atomic E-state index is 12.0. The third-order valence-corrected chi connectivity index (χ3v) is 2.13. The summed E-state index contributed by atoms with van der Waals surface area (Å²) < 4.78 is 36.0. The van der Waals surface area contributed by atoms with Crippen LogP contribution in [0.2, 0.25) is 0 Å². The Balaban J connectivity index is 2.46. The highest BCUT2D eigenvalue weighted by molar-refractivity contribution is 5.81. The van der Waals surface area contributed by atoms with Crippen LogP contribution in [0.25, 0.3) is 0 Å². The molecule has 0 aromatic rings. The van der Waals surface area contributed by atoms with E-state index in [0.717, 1.165) is 4.90 Å². The second kappa shape index (κ2) is 4.14. The van der Waals surface area contributed by atoms with Gasteiger partial charge in [-0.25, -0.2) is 5.01 Å². The van der Waals surface area contributed by atoms with E-state index in [4.69, 9.17) is 0 Å². The lowest BCUT2D eigenvalue weighted by atomic mass is 10.3. The van der Waals surface area contributed by atoms with Crippen molar-refractivity contribution in [3.63, 3.8) is 0 Å². The van der Waals surface area contributed by atoms with Crippen LogP contribution in [-0.4, -0.2) is 55.2 Å². The van der Waals surface area contributed by atoms with Crippen molar-refractivity contribution in [1.29, 1.82) is 0 Å². The molecular formula is C7H12F3N3O. The number of rotatable bonds is 1. The van der Waals surface area contributed by atoms with Crippen molar-refractivity contribution in [2.45, 2.75) is 6.18 Å². The van der Waals surface area contributed by atoms with Crippen LogP contribution in [0.4, 0.5) is 13.2 Å². The van der Waals surface area contributed by atoms with E-state index in [2.05, 4.69) is 5.43 Å². The van der Waals surface area contributed by atoms with Crippen LogP contribution in [0.3, 0.4) is 0 Å². The molecule has 1 rings (SSSR count). The van der Waals surface area contributed by atoms with Crippen molar-refractivity contribution >= 4 is 5.91 Å². The largest absolute Gasteiger partial charge is 0.471 e. The van der Waals surface area contributed by atoms with E-state index in [9.17, 15) is 18.0 Å². The predicted octanol–water partition coefficient (Wildman–Crippen LogP) is -0.173. The molecule has 0 atom stereocenters. The van der Waals surface area contributed by atoms with E-state index < -0.39 is 12.1 Å². The summed E-state index contributed by atoms with van der Waals surface area (Å²) in [6.07, 6.45) is -4.75. The Hall–Kier alpha value is -0.820. The molecule has 0 spiro atoms. The number of amides is 1. The Kier molecular flexibility index (Phi) is 3.33. The lowest BCUT2D eigenvalue weighted by Crippen LogP contribution is -2.54. The van der Waals surface area contributed by atoms with Crippen molar-refractivity contribution in [2.75, 3.05) is 33.2 Å². The summed E-state index contributed by atoms with van der Waals surface area (Å²) in [4.78, 5) is 11.6. The van der Waals surface area contributed by atoms with Crippen LogP contribution in [0.15, 0.2) is 0 Å². The number of nitrogens with zero attached hydrogens (tertiary/aromatic N) is 2. The van der Waals surface area contributed by atoms with Gasteiger partial charge in [0.2, 0.25) is 0 Å². The Morgan fingerprint density at radius 1 is 1.21 bits per heavy atom. The van der Waals surface area contributed by atoms with Gasteiger partial charge < -0.3 is 4.90 Å². The Labute approximate surface area is 79.6 Å². The van der Waals surface area contributed by atoms with E-state index in [1.54, 1.807) is 12.1 Å². The SMILES string of the molecule is CNN1CCN(C(=O)C(F)(F)F)CC1. The summed E-state index contributed by atoms with van der Waals surface area (Å²) in [6.45, 7) is 1.05. The van der Waals surface area contributed by atoms with E-state index in [-0.39, 0.29) is 13.1 Å². The normalized spacial score (nSPS) is 19.9. The fourth-order valence-electron chi connectivity index (χ4n) is 1.31. The predicted molar refractivity (Wildman–Crippen MR) is 43.3 cm³/mol. The molecule has 1 amide bonds. The van der Waals surface area contributed by atoms with E-state index in [1.807, 2.05) is 0 Å². The molecule has 14 heavy (non-hydrogen) atoms. The number of hydrogen-bond acceptors (Lipinski definition) is 3. The zero-order valence-corrected chi connectivity index (χ0v) is 7.76. The van der Waals surface area contributed by atoms with Crippen LogP contribution >= 0.6 is 0 Å². The number of hydrazine groups is 1. The van der Waals surface area contributed by atoms with Crippen molar-refractivity contribution in [3.8, 4) is 0 Å². The average molecular weight is 211 g/mol. The second-order valence-electron chi connectivity index (χ2n) is 3.00. The van der Waals surface area contributed by atoms with Crippen LogP contribution < -0.4 is 5.43 Å². The molecule has 0 bridgehead atoms. The highest BCUT2D eigenvalue weighted by Crippen LogP contribution is 2.18. The summed E-state index contributed by atoms with van der Waals surface area (Å²) >= 11 is 0. The molecule has 1 aliphatic rings. The molecule has 1 fully saturated rings. The first kappa shape index (κ1) is 11.3. The molecule has 0 unspecified atom stereocenters. The van der Waals surface area contributed by atoms with Gasteiger partial charge >= 0.3 is 12.1 Å². The molecule has 1 N–H and O–H groups in total. The fraction of sp³-hybridized carbons (Fsp3) is 0.857. The lowest BCUT2D eigenvalue weighted by molar-refractivity contribution is -0.187. The first-order valence-electron chi connectivity index (χ1n) is 4.23. The number of nitrogens with one attached hydrogen (secondary N) is 1. The molecular weight excluding hydrogens is 199 g/mol. The topological polar surface area (TPSA) is 35.6 Å². The average Bonchev–Trinajstić information content (AvgIpc) is 2.15. The van der Waals surface area contributed by atoms with Gasteiger partial charge in [0.1, 0.15) is 0 Å². The van der Waals surface area contributed by atoms with Gasteiger partial charge in [-0.15, -0.1) is 0 Å². The van der Waals surface area contributed by atoms with E-state index in [1.165, 1.54) is 0 Å². The van der Waals surface area contributed by atoms with Crippen molar-refractivity contribution in [1.82, 2.24) is 15.3 Å². The molecule has 0 aliphatic carbocycles. The zero-order chi connectivity index (χ0) is 10.8. The quantitative estimate of drug-likeness (QED) is 0.654. The molecule has 0 aromatic carbocycles. The Bertz CT molecular complexity index is 211. The molecule has 82 valence electrons. The van der Waals surface area contributed by atoms with E-state index >= 15 is 0 Å². The number of piperazine rings is 1. The molecule has 0 radical (unpaired) electrons. The van der Waals surface area contributed by atoms with E-state index in [0.29, 0.717) is 13.1 Å². The van der Waals surface area contributed by atoms with Gasteiger partial charge in [-0.05, 0) is 7.05 Å². The smallest absolute Gasteiger partial charge is 0.332 e. The number of alkyl halides is 3. The monoisotopic (exact) mass is 211 g/mol. The lowest BCUT2D eigenvalue weighted by Gasteiger charge is -2.34. The third kappa shape index (κ3) is 2.58. The summed E-state index contributed by atoms with van der Waals surface area (Å²) in [5.74, 6) is -1.74. The minimum absolute atomic E-state index is 0.110. The summed E-state index contributed by atoms with van der Waals surface area (Å²) in [6, 6.07) is 0.